The van der Waals surface area contributed by atoms with Crippen LogP contribution in [0.15, 0.2) is 23.1 Å². The zero-order valence-electron chi connectivity index (χ0n) is 16.7. The van der Waals surface area contributed by atoms with Crippen molar-refractivity contribution >= 4 is 11.8 Å². The molecule has 7 nitrogen and oxygen atoms in total. The fraction of sp³-hybridized carbons (Fsp3) is 0.381. The highest BCUT2D eigenvalue weighted by Gasteiger charge is 2.37. The fourth-order valence-corrected chi connectivity index (χ4v) is 4.10. The molecular weight excluding hydrogens is 434 g/mol. The average Bonchev–Trinajstić information content (AvgIpc) is 2.72. The number of halogens is 4. The van der Waals surface area contributed by atoms with Crippen LogP contribution in [0.5, 0.6) is 5.75 Å². The minimum absolute atomic E-state index is 0.140. The van der Waals surface area contributed by atoms with Crippen molar-refractivity contribution in [1.29, 1.82) is 0 Å². The molecule has 4 rings (SSSR count). The molecule has 11 heteroatoms. The van der Waals surface area contributed by atoms with Gasteiger partial charge in [-0.05, 0) is 19.3 Å². The van der Waals surface area contributed by atoms with E-state index in [2.05, 4.69) is 5.32 Å². The second-order valence-electron chi connectivity index (χ2n) is 7.88. The van der Waals surface area contributed by atoms with Crippen molar-refractivity contribution in [2.24, 2.45) is 0 Å². The summed E-state index contributed by atoms with van der Waals surface area (Å²) in [5, 5.41) is 12.6. The zero-order chi connectivity index (χ0) is 23.2. The third-order valence-corrected chi connectivity index (χ3v) is 5.83. The lowest BCUT2D eigenvalue weighted by molar-refractivity contribution is 0.0594. The Balaban J connectivity index is 1.66. The molecule has 2 aromatic rings. The predicted octanol–water partition coefficient (Wildman–Crippen LogP) is 2.42. The number of benzene rings is 1. The maximum atomic E-state index is 13.9. The first-order valence-electron chi connectivity index (χ1n) is 10.0. The van der Waals surface area contributed by atoms with Crippen LogP contribution in [0.2, 0.25) is 0 Å². The minimum atomic E-state index is -1.21. The summed E-state index contributed by atoms with van der Waals surface area (Å²) in [7, 11) is 0. The van der Waals surface area contributed by atoms with Crippen molar-refractivity contribution in [3.8, 4) is 5.75 Å². The van der Waals surface area contributed by atoms with Crippen LogP contribution in [0.25, 0.3) is 0 Å². The number of hydrogen-bond acceptors (Lipinski definition) is 4. The van der Waals surface area contributed by atoms with E-state index in [0.29, 0.717) is 18.6 Å². The van der Waals surface area contributed by atoms with Crippen molar-refractivity contribution in [3.63, 3.8) is 0 Å². The van der Waals surface area contributed by atoms with E-state index in [1.54, 1.807) is 0 Å². The standard InChI is InChI=1S/C21H19F4N3O4/c22-10-1-2-12-8-27(4-3-10)21(32)17-19(30)18(29)14(9-28(12)17)20(31)26-7-13-15(24)5-11(23)6-16(13)25/h5-6,9-10,12,30H,1-4,7-8H2,(H,26,31). The second kappa shape index (κ2) is 8.29. The van der Waals surface area contributed by atoms with Crippen LogP contribution in [-0.4, -0.2) is 45.6 Å². The van der Waals surface area contributed by atoms with Crippen molar-refractivity contribution in [2.75, 3.05) is 13.1 Å². The van der Waals surface area contributed by atoms with E-state index in [9.17, 15) is 37.1 Å². The summed E-state index contributed by atoms with van der Waals surface area (Å²) >= 11 is 0. The largest absolute Gasteiger partial charge is 0.503 e. The van der Waals surface area contributed by atoms with Crippen molar-refractivity contribution in [3.05, 3.63) is 62.8 Å². The molecule has 1 aromatic heterocycles. The molecule has 2 amide bonds. The Morgan fingerprint density at radius 3 is 2.50 bits per heavy atom. The van der Waals surface area contributed by atoms with Gasteiger partial charge in [-0.2, -0.15) is 0 Å². The molecule has 1 fully saturated rings. The summed E-state index contributed by atoms with van der Waals surface area (Å²) in [6.07, 6.45) is 0.668. The van der Waals surface area contributed by atoms with Crippen LogP contribution in [-0.2, 0) is 6.54 Å². The number of nitrogens with zero attached hydrogens (tertiary/aromatic N) is 2. The number of aromatic nitrogens is 1. The number of carbonyl (C=O) groups excluding carboxylic acids is 2. The van der Waals surface area contributed by atoms with Crippen LogP contribution >= 0.6 is 0 Å². The summed E-state index contributed by atoms with van der Waals surface area (Å²) in [5.41, 5.74) is -2.56. The highest BCUT2D eigenvalue weighted by Crippen LogP contribution is 2.32. The van der Waals surface area contributed by atoms with Gasteiger partial charge in [0.05, 0.1) is 6.04 Å². The van der Waals surface area contributed by atoms with Gasteiger partial charge in [0.2, 0.25) is 5.43 Å². The molecule has 0 saturated carbocycles. The molecule has 2 aliphatic heterocycles. The van der Waals surface area contributed by atoms with E-state index in [1.165, 1.54) is 9.47 Å². The first-order chi connectivity index (χ1) is 15.2. The molecule has 1 aromatic carbocycles. The Kier molecular flexibility index (Phi) is 5.66. The third kappa shape index (κ3) is 3.82. The van der Waals surface area contributed by atoms with Crippen molar-refractivity contribution in [2.45, 2.75) is 38.0 Å². The van der Waals surface area contributed by atoms with Crippen molar-refractivity contribution < 1.29 is 32.3 Å². The Hall–Kier alpha value is -3.37. The predicted molar refractivity (Wildman–Crippen MR) is 104 cm³/mol. The summed E-state index contributed by atoms with van der Waals surface area (Å²) in [6, 6.07) is 0.439. The van der Waals surface area contributed by atoms with Crippen LogP contribution in [0.3, 0.4) is 0 Å². The first-order valence-corrected chi connectivity index (χ1v) is 10.0. The topological polar surface area (TPSA) is 91.6 Å². The number of aromatic hydroxyl groups is 1. The van der Waals surface area contributed by atoms with Crippen molar-refractivity contribution in [1.82, 2.24) is 14.8 Å². The minimum Gasteiger partial charge on any atom is -0.503 e. The lowest BCUT2D eigenvalue weighted by atomic mass is 9.98. The monoisotopic (exact) mass is 453 g/mol. The van der Waals surface area contributed by atoms with E-state index in [-0.39, 0.29) is 31.6 Å². The maximum Gasteiger partial charge on any atom is 0.274 e. The Morgan fingerprint density at radius 2 is 1.81 bits per heavy atom. The smallest absolute Gasteiger partial charge is 0.274 e. The van der Waals surface area contributed by atoms with Gasteiger partial charge in [-0.3, -0.25) is 14.4 Å². The van der Waals surface area contributed by atoms with Gasteiger partial charge < -0.3 is 19.9 Å². The number of carbonyl (C=O) groups is 2. The van der Waals surface area contributed by atoms with E-state index >= 15 is 0 Å². The molecule has 2 aliphatic rings. The number of pyridine rings is 1. The number of nitrogens with one attached hydrogen (secondary N) is 1. The number of hydrogen-bond donors (Lipinski definition) is 2. The van der Waals surface area contributed by atoms with Gasteiger partial charge in [0, 0.05) is 43.5 Å². The lowest BCUT2D eigenvalue weighted by Gasteiger charge is -2.38. The van der Waals surface area contributed by atoms with Gasteiger partial charge in [-0.25, -0.2) is 17.6 Å². The molecule has 0 radical (unpaired) electrons. The van der Waals surface area contributed by atoms with Gasteiger partial charge in [-0.15, -0.1) is 0 Å². The SMILES string of the molecule is O=C(NCc1c(F)cc(F)cc1F)c1cn2c(c(O)c1=O)C(=O)N1CCC(F)CCC2C1. The van der Waals surface area contributed by atoms with Crippen LogP contribution in [0, 0.1) is 17.5 Å². The quantitative estimate of drug-likeness (QED) is 0.699. The zero-order valence-corrected chi connectivity index (χ0v) is 16.7. The number of amides is 2. The summed E-state index contributed by atoms with van der Waals surface area (Å²) in [4.78, 5) is 39.3. The van der Waals surface area contributed by atoms with Gasteiger partial charge in [-0.1, -0.05) is 0 Å². The van der Waals surface area contributed by atoms with E-state index in [0.717, 1.165) is 6.20 Å². The highest BCUT2D eigenvalue weighted by atomic mass is 19.1. The molecular formula is C21H19F4N3O4. The number of fused-ring (bicyclic) bond motifs is 4. The van der Waals surface area contributed by atoms with Crippen LogP contribution in [0.1, 0.15) is 51.7 Å². The number of alkyl halides is 1. The van der Waals surface area contributed by atoms with Gasteiger partial charge in [0.25, 0.3) is 11.8 Å². The molecule has 0 aliphatic carbocycles. The summed E-state index contributed by atoms with van der Waals surface area (Å²) in [6.45, 7) is -0.312. The molecule has 0 spiro atoms. The van der Waals surface area contributed by atoms with E-state index in [1.807, 2.05) is 0 Å². The van der Waals surface area contributed by atoms with Crippen LogP contribution < -0.4 is 10.7 Å². The van der Waals surface area contributed by atoms with Gasteiger partial charge >= 0.3 is 0 Å². The molecule has 3 heterocycles. The normalized spacial score (nSPS) is 20.4. The third-order valence-electron chi connectivity index (χ3n) is 5.83. The van der Waals surface area contributed by atoms with Gasteiger partial charge in [0.15, 0.2) is 11.4 Å². The first kappa shape index (κ1) is 21.8. The summed E-state index contributed by atoms with van der Waals surface area (Å²) < 4.78 is 55.9. The Labute approximate surface area is 179 Å². The van der Waals surface area contributed by atoms with E-state index in [4.69, 9.17) is 0 Å². The number of rotatable bonds is 3. The fourth-order valence-electron chi connectivity index (χ4n) is 4.10. The van der Waals surface area contributed by atoms with Gasteiger partial charge in [0.1, 0.15) is 29.2 Å². The lowest BCUT2D eigenvalue weighted by Crippen LogP contribution is -2.47. The molecule has 2 bridgehead atoms. The molecule has 32 heavy (non-hydrogen) atoms. The maximum absolute atomic E-state index is 13.9. The molecule has 1 saturated heterocycles. The Bertz CT molecular complexity index is 1140. The molecule has 170 valence electrons. The second-order valence-corrected chi connectivity index (χ2v) is 7.88. The van der Waals surface area contributed by atoms with Crippen LogP contribution in [0.4, 0.5) is 17.6 Å². The summed E-state index contributed by atoms with van der Waals surface area (Å²) in [5.74, 6) is -6.17. The molecule has 2 atom stereocenters. The van der Waals surface area contributed by atoms with E-state index < -0.39 is 70.3 Å². The average molecular weight is 453 g/mol. The molecule has 2 N–H and O–H groups in total. The highest BCUT2D eigenvalue weighted by molar-refractivity contribution is 5.99. The molecule has 2 unspecified atom stereocenters. The Morgan fingerprint density at radius 1 is 1.12 bits per heavy atom.